The highest BCUT2D eigenvalue weighted by molar-refractivity contribution is 7.80. The van der Waals surface area contributed by atoms with Gasteiger partial charge in [0.15, 0.2) is 0 Å². The Bertz CT molecular complexity index is 1110. The number of phenolic OH excluding ortho intramolecular Hbond substituents is 1. The largest absolute Gasteiger partial charge is 0.508 e. The number of aryl methyl sites for hydroxylation is 1. The fourth-order valence-corrected chi connectivity index (χ4v) is 7.32. The summed E-state index contributed by atoms with van der Waals surface area (Å²) in [4.78, 5) is 48.2. The zero-order valence-electron chi connectivity index (χ0n) is 22.2. The SMILES string of the molecule is C[C@]12CC[C@@H]3c4ccc(O)cc4CC[C@H]3[C@@H]1CC[C@@H]2OC(=O)CNC(=O)C(CS)NC(=O)CCC(N)C(=O)O. The van der Waals surface area contributed by atoms with E-state index in [1.807, 2.05) is 6.07 Å². The molecule has 6 N–H and O–H groups in total. The van der Waals surface area contributed by atoms with Crippen LogP contribution in [0, 0.1) is 17.3 Å². The van der Waals surface area contributed by atoms with Crippen molar-refractivity contribution in [3.63, 3.8) is 0 Å². The van der Waals surface area contributed by atoms with Crippen LogP contribution in [0.2, 0.25) is 0 Å². The van der Waals surface area contributed by atoms with Crippen molar-refractivity contribution in [3.05, 3.63) is 29.3 Å². The van der Waals surface area contributed by atoms with Gasteiger partial charge in [0.25, 0.3) is 0 Å². The van der Waals surface area contributed by atoms with Crippen LogP contribution < -0.4 is 16.4 Å². The predicted octanol–water partition coefficient (Wildman–Crippen LogP) is 1.88. The van der Waals surface area contributed by atoms with Gasteiger partial charge >= 0.3 is 11.9 Å². The number of carbonyl (C=O) groups is 4. The lowest BCUT2D eigenvalue weighted by Crippen LogP contribution is -2.50. The first kappa shape index (κ1) is 29.2. The molecule has 39 heavy (non-hydrogen) atoms. The highest BCUT2D eigenvalue weighted by atomic mass is 32.1. The first-order valence-electron chi connectivity index (χ1n) is 13.7. The Labute approximate surface area is 233 Å². The minimum atomic E-state index is -1.20. The zero-order chi connectivity index (χ0) is 28.3. The molecule has 3 aliphatic rings. The lowest BCUT2D eigenvalue weighted by molar-refractivity contribution is -0.157. The summed E-state index contributed by atoms with van der Waals surface area (Å²) in [5.41, 5.74) is 7.89. The second-order valence-electron chi connectivity index (χ2n) is 11.4. The maximum Gasteiger partial charge on any atom is 0.325 e. The van der Waals surface area contributed by atoms with E-state index in [0.29, 0.717) is 23.5 Å². The monoisotopic (exact) mass is 561 g/mol. The molecule has 0 bridgehead atoms. The third kappa shape index (κ3) is 6.35. The van der Waals surface area contributed by atoms with Crippen LogP contribution in [0.15, 0.2) is 18.2 Å². The van der Waals surface area contributed by atoms with Crippen LogP contribution in [0.25, 0.3) is 0 Å². The van der Waals surface area contributed by atoms with E-state index in [0.717, 1.165) is 38.5 Å². The lowest BCUT2D eigenvalue weighted by Gasteiger charge is -2.50. The molecule has 0 spiro atoms. The number of nitrogens with two attached hydrogens (primary N) is 1. The fourth-order valence-electron chi connectivity index (χ4n) is 7.07. The summed E-state index contributed by atoms with van der Waals surface area (Å²) in [5, 5.41) is 23.7. The number of fused-ring (bicyclic) bond motifs is 5. The number of ether oxygens (including phenoxy) is 1. The summed E-state index contributed by atoms with van der Waals surface area (Å²) in [6, 6.07) is 3.61. The van der Waals surface area contributed by atoms with Crippen LogP contribution in [0.4, 0.5) is 0 Å². The van der Waals surface area contributed by atoms with Gasteiger partial charge in [0.1, 0.15) is 30.5 Å². The van der Waals surface area contributed by atoms with Crippen molar-refractivity contribution in [2.75, 3.05) is 12.3 Å². The van der Waals surface area contributed by atoms with Gasteiger partial charge in [-0.2, -0.15) is 12.6 Å². The van der Waals surface area contributed by atoms with Gasteiger partial charge in [0, 0.05) is 17.6 Å². The Kier molecular flexibility index (Phi) is 9.10. The standard InChI is InChI=1S/C28H39N3O7S/c1-28-11-10-18-17-5-3-16(32)12-15(17)2-4-19(18)20(28)6-8-23(28)38-25(34)13-30-26(35)22(14-39)31-24(33)9-7-21(29)27(36)37/h3,5,12,18-23,32,39H,2,4,6-11,13-14,29H2,1H3,(H,30,35)(H,31,33)(H,36,37)/t18-,19-,20+,21?,22?,23+,28+/m1/s1. The molecule has 1 aromatic carbocycles. The van der Waals surface area contributed by atoms with Crippen molar-refractivity contribution in [1.82, 2.24) is 10.6 Å². The molecule has 3 aliphatic carbocycles. The molecule has 214 valence electrons. The normalized spacial score (nSPS) is 28.7. The number of amides is 2. The molecule has 0 heterocycles. The number of rotatable bonds is 10. The molecule has 0 saturated heterocycles. The maximum atomic E-state index is 12.7. The molecule has 1 aromatic rings. The second-order valence-corrected chi connectivity index (χ2v) is 11.8. The molecule has 11 heteroatoms. The molecular formula is C28H39N3O7S. The number of thiol groups is 1. The average Bonchev–Trinajstić information content (AvgIpc) is 3.24. The average molecular weight is 562 g/mol. The predicted molar refractivity (Wildman–Crippen MR) is 146 cm³/mol. The number of aromatic hydroxyl groups is 1. The molecule has 2 unspecified atom stereocenters. The Morgan fingerprint density at radius 3 is 2.69 bits per heavy atom. The molecule has 0 aromatic heterocycles. The van der Waals surface area contributed by atoms with Crippen molar-refractivity contribution in [3.8, 4) is 5.75 Å². The topological polar surface area (TPSA) is 168 Å². The van der Waals surface area contributed by atoms with Crippen molar-refractivity contribution in [2.45, 2.75) is 82.4 Å². The number of nitrogens with one attached hydrogen (secondary N) is 2. The number of carbonyl (C=O) groups excluding carboxylic acids is 3. The van der Waals surface area contributed by atoms with Crippen molar-refractivity contribution in [1.29, 1.82) is 0 Å². The maximum absolute atomic E-state index is 12.7. The van der Waals surface area contributed by atoms with Gasteiger partial charge in [0.05, 0.1) is 0 Å². The van der Waals surface area contributed by atoms with E-state index >= 15 is 0 Å². The molecule has 2 fully saturated rings. The van der Waals surface area contributed by atoms with Gasteiger partial charge in [-0.25, -0.2) is 0 Å². The smallest absolute Gasteiger partial charge is 0.325 e. The molecule has 2 saturated carbocycles. The minimum absolute atomic E-state index is 0.00524. The summed E-state index contributed by atoms with van der Waals surface area (Å²) in [5.74, 6) is -1.05. The van der Waals surface area contributed by atoms with E-state index in [-0.39, 0.29) is 36.7 Å². The number of aliphatic carboxylic acids is 1. The summed E-state index contributed by atoms with van der Waals surface area (Å²) in [6.07, 6.45) is 5.34. The summed E-state index contributed by atoms with van der Waals surface area (Å²) < 4.78 is 5.92. The van der Waals surface area contributed by atoms with Crippen LogP contribution in [-0.2, 0) is 30.3 Å². The van der Waals surface area contributed by atoms with E-state index in [2.05, 4.69) is 36.3 Å². The van der Waals surface area contributed by atoms with Gasteiger partial charge in [-0.1, -0.05) is 13.0 Å². The first-order valence-corrected chi connectivity index (χ1v) is 14.3. The second kappa shape index (κ2) is 12.2. The number of carboxylic acid groups (broad SMARTS) is 1. The highest BCUT2D eigenvalue weighted by Gasteiger charge is 2.56. The Morgan fingerprint density at radius 2 is 1.97 bits per heavy atom. The molecule has 2 amide bonds. The first-order chi connectivity index (χ1) is 18.5. The quantitative estimate of drug-likeness (QED) is 0.186. The molecule has 7 atom stereocenters. The molecule has 0 radical (unpaired) electrons. The van der Waals surface area contributed by atoms with Crippen LogP contribution in [0.1, 0.15) is 68.9 Å². The summed E-state index contributed by atoms with van der Waals surface area (Å²) >= 11 is 4.11. The lowest BCUT2D eigenvalue weighted by atomic mass is 9.55. The number of carboxylic acids is 1. The third-order valence-corrected chi connectivity index (χ3v) is 9.50. The van der Waals surface area contributed by atoms with Crippen LogP contribution in [0.5, 0.6) is 5.75 Å². The Balaban J connectivity index is 1.27. The Hall–Kier alpha value is -2.79. The summed E-state index contributed by atoms with van der Waals surface area (Å²) in [7, 11) is 0. The molecule has 0 aliphatic heterocycles. The van der Waals surface area contributed by atoms with Gasteiger partial charge in [-0.15, -0.1) is 0 Å². The number of hydrogen-bond donors (Lipinski definition) is 6. The van der Waals surface area contributed by atoms with Crippen molar-refractivity contribution in [2.24, 2.45) is 23.0 Å². The number of hydrogen-bond acceptors (Lipinski definition) is 8. The van der Waals surface area contributed by atoms with Crippen LogP contribution in [0.3, 0.4) is 0 Å². The molecule has 4 rings (SSSR count). The molecular weight excluding hydrogens is 522 g/mol. The van der Waals surface area contributed by atoms with E-state index in [1.54, 1.807) is 6.07 Å². The minimum Gasteiger partial charge on any atom is -0.508 e. The van der Waals surface area contributed by atoms with Crippen LogP contribution in [-0.4, -0.2) is 64.5 Å². The fraction of sp³-hybridized carbons (Fsp3) is 0.643. The summed E-state index contributed by atoms with van der Waals surface area (Å²) in [6.45, 7) is 1.91. The van der Waals surface area contributed by atoms with E-state index < -0.39 is 35.8 Å². The van der Waals surface area contributed by atoms with Crippen LogP contribution >= 0.6 is 12.6 Å². The van der Waals surface area contributed by atoms with Gasteiger partial charge in [-0.05, 0) is 86.0 Å². The Morgan fingerprint density at radius 1 is 1.21 bits per heavy atom. The zero-order valence-corrected chi connectivity index (χ0v) is 23.1. The van der Waals surface area contributed by atoms with E-state index in [1.165, 1.54) is 11.1 Å². The van der Waals surface area contributed by atoms with Gasteiger partial charge in [-0.3, -0.25) is 19.2 Å². The van der Waals surface area contributed by atoms with E-state index in [9.17, 15) is 24.3 Å². The van der Waals surface area contributed by atoms with Crippen molar-refractivity contribution < 1.29 is 34.1 Å². The van der Waals surface area contributed by atoms with E-state index in [4.69, 9.17) is 15.6 Å². The van der Waals surface area contributed by atoms with Crippen molar-refractivity contribution >= 4 is 36.4 Å². The number of benzene rings is 1. The molecule has 10 nitrogen and oxygen atoms in total. The third-order valence-electron chi connectivity index (χ3n) is 9.14. The number of esters is 1. The van der Waals surface area contributed by atoms with Gasteiger partial charge < -0.3 is 31.3 Å². The van der Waals surface area contributed by atoms with Gasteiger partial charge in [0.2, 0.25) is 11.8 Å². The highest BCUT2D eigenvalue weighted by Crippen LogP contribution is 2.61. The number of phenols is 1.